The van der Waals surface area contributed by atoms with Crippen LogP contribution in [0.2, 0.25) is 0 Å². The summed E-state index contributed by atoms with van der Waals surface area (Å²) in [6.07, 6.45) is 7.26. The fraction of sp³-hybridized carbons (Fsp3) is 0.846. The molecule has 5 nitrogen and oxygen atoms in total. The van der Waals surface area contributed by atoms with E-state index in [4.69, 9.17) is 0 Å². The summed E-state index contributed by atoms with van der Waals surface area (Å²) >= 11 is 0. The SMILES string of the molecule is CCCNC(=O)CNC(=NC)NC1CCCCC1.I. The highest BCUT2D eigenvalue weighted by Gasteiger charge is 2.14. The lowest BCUT2D eigenvalue weighted by Gasteiger charge is -2.24. The van der Waals surface area contributed by atoms with Gasteiger partial charge in [-0.2, -0.15) is 0 Å². The first kappa shape index (κ1) is 18.5. The van der Waals surface area contributed by atoms with Gasteiger partial charge in [-0.3, -0.25) is 9.79 Å². The quantitative estimate of drug-likeness (QED) is 0.385. The van der Waals surface area contributed by atoms with Crippen LogP contribution in [0.25, 0.3) is 0 Å². The molecule has 1 rings (SSSR count). The van der Waals surface area contributed by atoms with Crippen LogP contribution in [0.5, 0.6) is 0 Å². The summed E-state index contributed by atoms with van der Waals surface area (Å²) in [6, 6.07) is 0.503. The van der Waals surface area contributed by atoms with Crippen LogP contribution >= 0.6 is 24.0 Å². The molecule has 1 amide bonds. The molecule has 1 aliphatic carbocycles. The number of amides is 1. The van der Waals surface area contributed by atoms with Crippen molar-refractivity contribution >= 4 is 35.8 Å². The van der Waals surface area contributed by atoms with Crippen molar-refractivity contribution in [2.75, 3.05) is 20.1 Å². The van der Waals surface area contributed by atoms with Crippen LogP contribution in [0.15, 0.2) is 4.99 Å². The van der Waals surface area contributed by atoms with Gasteiger partial charge in [-0.25, -0.2) is 0 Å². The van der Waals surface area contributed by atoms with E-state index in [2.05, 4.69) is 20.9 Å². The Morgan fingerprint density at radius 2 is 1.89 bits per heavy atom. The molecule has 112 valence electrons. The number of carbonyl (C=O) groups is 1. The van der Waals surface area contributed by atoms with Gasteiger partial charge in [0, 0.05) is 19.6 Å². The van der Waals surface area contributed by atoms with Crippen LogP contribution in [-0.2, 0) is 4.79 Å². The lowest BCUT2D eigenvalue weighted by molar-refractivity contribution is -0.120. The first-order valence-electron chi connectivity index (χ1n) is 7.00. The molecule has 0 unspecified atom stereocenters. The third-order valence-corrected chi connectivity index (χ3v) is 3.16. The molecule has 0 saturated heterocycles. The highest BCUT2D eigenvalue weighted by molar-refractivity contribution is 14.0. The van der Waals surface area contributed by atoms with E-state index >= 15 is 0 Å². The zero-order valence-electron chi connectivity index (χ0n) is 12.0. The van der Waals surface area contributed by atoms with Crippen LogP contribution in [0.1, 0.15) is 45.4 Å². The maximum absolute atomic E-state index is 11.5. The second-order valence-electron chi connectivity index (χ2n) is 4.75. The van der Waals surface area contributed by atoms with Crippen LogP contribution in [-0.4, -0.2) is 38.0 Å². The number of halogens is 1. The molecule has 0 heterocycles. The normalized spacial score (nSPS) is 16.4. The Balaban J connectivity index is 0.00000324. The third kappa shape index (κ3) is 8.28. The number of nitrogens with zero attached hydrogens (tertiary/aromatic N) is 1. The highest BCUT2D eigenvalue weighted by Crippen LogP contribution is 2.17. The average Bonchev–Trinajstić information content (AvgIpc) is 2.42. The molecule has 0 spiro atoms. The third-order valence-electron chi connectivity index (χ3n) is 3.16. The van der Waals surface area contributed by atoms with E-state index in [0.29, 0.717) is 6.04 Å². The van der Waals surface area contributed by atoms with Gasteiger partial charge in [-0.05, 0) is 19.3 Å². The number of aliphatic imine (C=N–C) groups is 1. The van der Waals surface area contributed by atoms with E-state index in [1.807, 2.05) is 6.92 Å². The number of nitrogens with one attached hydrogen (secondary N) is 3. The van der Waals surface area contributed by atoms with Crippen LogP contribution in [0.3, 0.4) is 0 Å². The maximum Gasteiger partial charge on any atom is 0.239 e. The van der Waals surface area contributed by atoms with Gasteiger partial charge >= 0.3 is 0 Å². The predicted molar refractivity (Wildman–Crippen MR) is 90.1 cm³/mol. The van der Waals surface area contributed by atoms with Crippen LogP contribution in [0.4, 0.5) is 0 Å². The molecule has 0 atom stereocenters. The minimum atomic E-state index is 0. The predicted octanol–water partition coefficient (Wildman–Crippen LogP) is 1.63. The molecule has 19 heavy (non-hydrogen) atoms. The monoisotopic (exact) mass is 382 g/mol. The fourth-order valence-corrected chi connectivity index (χ4v) is 2.13. The Labute approximate surface area is 133 Å². The molecule has 0 aromatic rings. The van der Waals surface area contributed by atoms with Crippen molar-refractivity contribution in [3.63, 3.8) is 0 Å². The second kappa shape index (κ2) is 11.3. The summed E-state index contributed by atoms with van der Waals surface area (Å²) in [5.41, 5.74) is 0. The van der Waals surface area contributed by atoms with E-state index in [9.17, 15) is 4.79 Å². The molecular formula is C13H27IN4O. The molecule has 0 aromatic carbocycles. The van der Waals surface area contributed by atoms with Crippen LogP contribution < -0.4 is 16.0 Å². The lowest BCUT2D eigenvalue weighted by atomic mass is 9.96. The minimum Gasteiger partial charge on any atom is -0.355 e. The van der Waals surface area contributed by atoms with E-state index in [1.54, 1.807) is 7.05 Å². The average molecular weight is 382 g/mol. The summed E-state index contributed by atoms with van der Waals surface area (Å²) in [5.74, 6) is 0.747. The Morgan fingerprint density at radius 1 is 1.21 bits per heavy atom. The fourth-order valence-electron chi connectivity index (χ4n) is 2.13. The molecule has 1 fully saturated rings. The summed E-state index contributed by atoms with van der Waals surface area (Å²) in [4.78, 5) is 15.6. The number of carbonyl (C=O) groups excluding carboxylic acids is 1. The Bertz CT molecular complexity index is 278. The number of rotatable bonds is 5. The summed E-state index contributed by atoms with van der Waals surface area (Å²) < 4.78 is 0. The van der Waals surface area contributed by atoms with Gasteiger partial charge in [0.2, 0.25) is 5.91 Å². The topological polar surface area (TPSA) is 65.5 Å². The van der Waals surface area contributed by atoms with Gasteiger partial charge in [0.25, 0.3) is 0 Å². The van der Waals surface area contributed by atoms with Crippen molar-refractivity contribution in [1.82, 2.24) is 16.0 Å². The van der Waals surface area contributed by atoms with E-state index in [-0.39, 0.29) is 36.4 Å². The Hall–Kier alpha value is -0.530. The van der Waals surface area contributed by atoms with Gasteiger partial charge in [0.05, 0.1) is 6.54 Å². The number of hydrogen-bond donors (Lipinski definition) is 3. The molecule has 1 aliphatic rings. The molecule has 0 bridgehead atoms. The number of hydrogen-bond acceptors (Lipinski definition) is 2. The molecule has 0 radical (unpaired) electrons. The molecule has 1 saturated carbocycles. The minimum absolute atomic E-state index is 0. The molecule has 6 heteroatoms. The highest BCUT2D eigenvalue weighted by atomic mass is 127. The summed E-state index contributed by atoms with van der Waals surface area (Å²) in [5, 5.41) is 9.26. The number of guanidine groups is 1. The zero-order chi connectivity index (χ0) is 13.2. The first-order valence-corrected chi connectivity index (χ1v) is 7.00. The first-order chi connectivity index (χ1) is 8.76. The molecule has 0 aliphatic heterocycles. The Morgan fingerprint density at radius 3 is 2.47 bits per heavy atom. The van der Waals surface area contributed by atoms with E-state index in [0.717, 1.165) is 18.9 Å². The molecule has 0 aromatic heterocycles. The molecular weight excluding hydrogens is 355 g/mol. The van der Waals surface area contributed by atoms with Gasteiger partial charge < -0.3 is 16.0 Å². The Kier molecular flexibility index (Phi) is 11.0. The van der Waals surface area contributed by atoms with Gasteiger partial charge in [-0.1, -0.05) is 26.2 Å². The van der Waals surface area contributed by atoms with Crippen molar-refractivity contribution in [3.8, 4) is 0 Å². The van der Waals surface area contributed by atoms with Gasteiger partial charge in [-0.15, -0.1) is 24.0 Å². The smallest absolute Gasteiger partial charge is 0.239 e. The van der Waals surface area contributed by atoms with Crippen molar-refractivity contribution in [3.05, 3.63) is 0 Å². The van der Waals surface area contributed by atoms with E-state index < -0.39 is 0 Å². The lowest BCUT2D eigenvalue weighted by Crippen LogP contribution is -2.47. The van der Waals surface area contributed by atoms with Crippen molar-refractivity contribution < 1.29 is 4.79 Å². The zero-order valence-corrected chi connectivity index (χ0v) is 14.3. The van der Waals surface area contributed by atoms with Crippen LogP contribution in [0, 0.1) is 0 Å². The maximum atomic E-state index is 11.5. The largest absolute Gasteiger partial charge is 0.355 e. The summed E-state index contributed by atoms with van der Waals surface area (Å²) in [6.45, 7) is 3.05. The van der Waals surface area contributed by atoms with Crippen molar-refractivity contribution in [2.24, 2.45) is 4.99 Å². The summed E-state index contributed by atoms with van der Waals surface area (Å²) in [7, 11) is 1.74. The standard InChI is InChI=1S/C13H26N4O.HI/c1-3-9-15-12(18)10-16-13(14-2)17-11-7-5-4-6-8-11;/h11H,3-10H2,1-2H3,(H,15,18)(H2,14,16,17);1H. The van der Waals surface area contributed by atoms with Crippen molar-refractivity contribution in [1.29, 1.82) is 0 Å². The van der Waals surface area contributed by atoms with Crippen molar-refractivity contribution in [2.45, 2.75) is 51.5 Å². The van der Waals surface area contributed by atoms with Gasteiger partial charge in [0.15, 0.2) is 5.96 Å². The molecule has 3 N–H and O–H groups in total. The van der Waals surface area contributed by atoms with E-state index in [1.165, 1.54) is 32.1 Å². The second-order valence-corrected chi connectivity index (χ2v) is 4.75. The van der Waals surface area contributed by atoms with Gasteiger partial charge in [0.1, 0.15) is 0 Å².